The molecule has 4 atom stereocenters. The minimum absolute atomic E-state index is 0.0310. The zero-order valence-corrected chi connectivity index (χ0v) is 30.3. The first-order valence-corrected chi connectivity index (χ1v) is 17.8. The summed E-state index contributed by atoms with van der Waals surface area (Å²) < 4.78 is 17.5. The summed E-state index contributed by atoms with van der Waals surface area (Å²) in [6.45, 7) is 1.43. The smallest absolute Gasteiger partial charge is 0.311 e. The average Bonchev–Trinajstić information content (AvgIpc) is 3.75. The number of methoxy groups -OCH3 is 2. The molecule has 6 rings (SSSR count). The van der Waals surface area contributed by atoms with Gasteiger partial charge in [-0.15, -0.1) is 0 Å². The van der Waals surface area contributed by atoms with Crippen molar-refractivity contribution in [3.05, 3.63) is 81.1 Å². The van der Waals surface area contributed by atoms with Crippen LogP contribution in [0.2, 0.25) is 10.0 Å². The van der Waals surface area contributed by atoms with Crippen molar-refractivity contribution >= 4 is 29.2 Å². The Labute approximate surface area is 306 Å². The van der Waals surface area contributed by atoms with Gasteiger partial charge >= 0.3 is 5.97 Å². The first kappa shape index (κ1) is 36.8. The summed E-state index contributed by atoms with van der Waals surface area (Å²) in [7, 11) is 3.05. The number of aliphatic hydroxyl groups is 2. The van der Waals surface area contributed by atoms with E-state index in [0.29, 0.717) is 47.2 Å². The molecule has 4 N–H and O–H groups in total. The molecular weight excluding hydrogens is 695 g/mol. The van der Waals surface area contributed by atoms with E-state index in [2.05, 4.69) is 15.3 Å². The molecule has 2 aromatic heterocycles. The number of carboxylic acid groups (broad SMARTS) is 1. The van der Waals surface area contributed by atoms with Crippen molar-refractivity contribution in [1.82, 2.24) is 20.3 Å². The Morgan fingerprint density at radius 1 is 1.00 bits per heavy atom. The fraction of sp³-hybridized carbons (Fsp3) is 0.421. The van der Waals surface area contributed by atoms with Crippen LogP contribution in [0.1, 0.15) is 67.5 Å². The summed E-state index contributed by atoms with van der Waals surface area (Å²) in [5.41, 5.74) is 5.23. The summed E-state index contributed by atoms with van der Waals surface area (Å²) in [6, 6.07) is 13.6. The van der Waals surface area contributed by atoms with E-state index in [1.807, 2.05) is 36.4 Å². The second-order valence-corrected chi connectivity index (χ2v) is 14.1. The van der Waals surface area contributed by atoms with Crippen LogP contribution < -0.4 is 19.5 Å². The summed E-state index contributed by atoms with van der Waals surface area (Å²) in [6.07, 6.45) is 5.62. The number of hydrogen-bond donors (Lipinski definition) is 4. The molecule has 2 aliphatic rings. The SMILES string of the molecule is COc1nc(O[C@H]2CCc3c(-c4cccc(-c5cnc(CN[C@@H]6CCC[C@@H]6O)c(OC)n5)c4Cl)cccc32)c(Cl)cc1CC[C@@](C)(CO)C(=O)O. The minimum atomic E-state index is -1.30. The number of pyridine rings is 1. The van der Waals surface area contributed by atoms with Gasteiger partial charge in [0.1, 0.15) is 16.8 Å². The Hall–Kier alpha value is -4.00. The van der Waals surface area contributed by atoms with Gasteiger partial charge in [0.15, 0.2) is 0 Å². The van der Waals surface area contributed by atoms with Gasteiger partial charge in [-0.3, -0.25) is 9.78 Å². The van der Waals surface area contributed by atoms with Crippen molar-refractivity contribution in [2.75, 3.05) is 20.8 Å². The predicted molar refractivity (Wildman–Crippen MR) is 194 cm³/mol. The van der Waals surface area contributed by atoms with Crippen LogP contribution >= 0.6 is 23.2 Å². The van der Waals surface area contributed by atoms with E-state index in [4.69, 9.17) is 42.4 Å². The largest absolute Gasteiger partial charge is 0.481 e. The standard InChI is InChI=1S/C38H42Cl2N4O7/c1-38(20-45,37(47)48)16-15-21-17-27(39)35(44-34(21)49-2)51-32-14-13-23-22(7-4-8-24(23)32)25-9-5-10-26(33(25)40)29-18-42-30(36(43-29)50-3)19-41-28-11-6-12-31(28)46/h4-5,7-10,17-18,28,31-32,41,45-46H,6,11-16,19-20H2,1-3H3,(H,47,48)/t28-,31+,32+,38+/m1/s1. The molecule has 1 saturated carbocycles. The molecule has 13 heteroatoms. The Balaban J connectivity index is 1.23. The fourth-order valence-corrected chi connectivity index (χ4v) is 7.42. The van der Waals surface area contributed by atoms with E-state index >= 15 is 0 Å². The maximum absolute atomic E-state index is 11.7. The molecular formula is C38H42Cl2N4O7. The van der Waals surface area contributed by atoms with Gasteiger partial charge in [-0.1, -0.05) is 59.6 Å². The van der Waals surface area contributed by atoms with Crippen LogP contribution in [-0.4, -0.2) is 69.2 Å². The Morgan fingerprint density at radius 2 is 1.75 bits per heavy atom. The highest BCUT2D eigenvalue weighted by atomic mass is 35.5. The Kier molecular flexibility index (Phi) is 11.3. The van der Waals surface area contributed by atoms with E-state index in [1.54, 1.807) is 19.4 Å². The Bertz CT molecular complexity index is 1910. The first-order chi connectivity index (χ1) is 24.6. The average molecular weight is 738 g/mol. The highest BCUT2D eigenvalue weighted by Gasteiger charge is 2.33. The number of aryl methyl sites for hydroxylation is 1. The lowest BCUT2D eigenvalue weighted by Crippen LogP contribution is -2.35. The lowest BCUT2D eigenvalue weighted by Gasteiger charge is -2.22. The van der Waals surface area contributed by atoms with Crippen molar-refractivity contribution in [2.45, 2.75) is 76.7 Å². The van der Waals surface area contributed by atoms with Crippen molar-refractivity contribution in [2.24, 2.45) is 5.41 Å². The first-order valence-electron chi connectivity index (χ1n) is 17.0. The third kappa shape index (κ3) is 7.64. The molecule has 2 heterocycles. The van der Waals surface area contributed by atoms with Gasteiger partial charge in [-0.2, -0.15) is 4.98 Å². The highest BCUT2D eigenvalue weighted by Crippen LogP contribution is 2.45. The van der Waals surface area contributed by atoms with E-state index in [1.165, 1.54) is 14.0 Å². The monoisotopic (exact) mass is 736 g/mol. The van der Waals surface area contributed by atoms with Crippen molar-refractivity contribution in [3.8, 4) is 40.0 Å². The Morgan fingerprint density at radius 3 is 2.45 bits per heavy atom. The topological polar surface area (TPSA) is 156 Å². The molecule has 4 aromatic rings. The highest BCUT2D eigenvalue weighted by molar-refractivity contribution is 6.36. The van der Waals surface area contributed by atoms with Crippen molar-refractivity contribution < 1.29 is 34.3 Å². The van der Waals surface area contributed by atoms with Crippen molar-refractivity contribution in [1.29, 1.82) is 0 Å². The third-order valence-corrected chi connectivity index (χ3v) is 10.7. The number of carbonyl (C=O) groups is 1. The minimum Gasteiger partial charge on any atom is -0.481 e. The zero-order chi connectivity index (χ0) is 36.3. The molecule has 51 heavy (non-hydrogen) atoms. The number of nitrogens with one attached hydrogen (secondary N) is 1. The van der Waals surface area contributed by atoms with Crippen LogP contribution in [0.15, 0.2) is 48.7 Å². The van der Waals surface area contributed by atoms with Crippen molar-refractivity contribution in [3.63, 3.8) is 0 Å². The molecule has 0 amide bonds. The molecule has 11 nitrogen and oxygen atoms in total. The second-order valence-electron chi connectivity index (χ2n) is 13.4. The van der Waals surface area contributed by atoms with Gasteiger partial charge in [0.2, 0.25) is 17.6 Å². The number of halogens is 2. The molecule has 0 bridgehead atoms. The van der Waals surface area contributed by atoms with Gasteiger partial charge in [-0.25, -0.2) is 4.98 Å². The van der Waals surface area contributed by atoms with E-state index in [0.717, 1.165) is 53.5 Å². The fourth-order valence-electron chi connectivity index (χ4n) is 6.88. The van der Waals surface area contributed by atoms with Crippen LogP contribution in [-0.2, 0) is 24.2 Å². The van der Waals surface area contributed by atoms with Gasteiger partial charge < -0.3 is 34.8 Å². The number of carboxylic acids is 1. The van der Waals surface area contributed by atoms with E-state index < -0.39 is 18.0 Å². The molecule has 0 spiro atoms. The number of rotatable bonds is 14. The predicted octanol–water partition coefficient (Wildman–Crippen LogP) is 6.61. The number of nitrogens with zero attached hydrogens (tertiary/aromatic N) is 3. The van der Waals surface area contributed by atoms with Crippen LogP contribution in [0, 0.1) is 5.41 Å². The van der Waals surface area contributed by atoms with Crippen LogP contribution in [0.5, 0.6) is 17.6 Å². The summed E-state index contributed by atoms with van der Waals surface area (Å²) >= 11 is 13.8. The molecule has 270 valence electrons. The van der Waals surface area contributed by atoms with Gasteiger partial charge in [0.05, 0.1) is 49.3 Å². The van der Waals surface area contributed by atoms with E-state index in [-0.39, 0.29) is 41.5 Å². The molecule has 0 radical (unpaired) electrons. The number of aromatic nitrogens is 3. The zero-order valence-electron chi connectivity index (χ0n) is 28.8. The number of ether oxygens (including phenoxy) is 3. The quantitative estimate of drug-likeness (QED) is 0.110. The number of aliphatic carboxylic acids is 1. The molecule has 1 fully saturated rings. The van der Waals surface area contributed by atoms with Crippen LogP contribution in [0.3, 0.4) is 0 Å². The van der Waals surface area contributed by atoms with Gasteiger partial charge in [0, 0.05) is 29.3 Å². The normalized spacial score (nSPS) is 19.4. The molecule has 0 saturated heterocycles. The third-order valence-electron chi connectivity index (χ3n) is 10.0. The maximum Gasteiger partial charge on any atom is 0.311 e. The van der Waals surface area contributed by atoms with Gasteiger partial charge in [-0.05, 0) is 74.6 Å². The summed E-state index contributed by atoms with van der Waals surface area (Å²) in [5.74, 6) is -0.180. The number of aliphatic hydroxyl groups excluding tert-OH is 2. The van der Waals surface area contributed by atoms with E-state index in [9.17, 15) is 20.1 Å². The molecule has 2 aromatic carbocycles. The molecule has 0 unspecified atom stereocenters. The van der Waals surface area contributed by atoms with Crippen LogP contribution in [0.25, 0.3) is 22.4 Å². The number of fused-ring (bicyclic) bond motifs is 1. The summed E-state index contributed by atoms with van der Waals surface area (Å²) in [4.78, 5) is 25.6. The van der Waals surface area contributed by atoms with Gasteiger partial charge in [0.25, 0.3) is 0 Å². The molecule has 0 aliphatic heterocycles. The second kappa shape index (κ2) is 15.7. The van der Waals surface area contributed by atoms with Crippen LogP contribution in [0.4, 0.5) is 0 Å². The molecule has 2 aliphatic carbocycles. The number of hydrogen-bond acceptors (Lipinski definition) is 10. The summed E-state index contributed by atoms with van der Waals surface area (Å²) in [5, 5.41) is 33.6. The lowest BCUT2D eigenvalue weighted by molar-refractivity contribution is -0.150. The maximum atomic E-state index is 11.7. The number of benzene rings is 2. The lowest BCUT2D eigenvalue weighted by atomic mass is 9.85.